The highest BCUT2D eigenvalue weighted by Crippen LogP contribution is 2.47. The highest BCUT2D eigenvalue weighted by atomic mass is 16.5. The number of benzene rings is 3. The minimum atomic E-state index is -0.453. The third kappa shape index (κ3) is 4.94. The summed E-state index contributed by atoms with van der Waals surface area (Å²) in [6.45, 7) is 5.92. The van der Waals surface area contributed by atoms with Crippen LogP contribution in [-0.2, 0) is 9.59 Å². The van der Waals surface area contributed by atoms with Gasteiger partial charge in [-0.3, -0.25) is 9.59 Å². The van der Waals surface area contributed by atoms with Crippen LogP contribution in [0, 0.1) is 13.8 Å². The number of anilines is 1. The molecule has 1 aliphatic carbocycles. The molecule has 2 aliphatic rings. The predicted molar refractivity (Wildman–Crippen MR) is 153 cm³/mol. The number of methoxy groups -OCH3 is 2. The van der Waals surface area contributed by atoms with Crippen molar-refractivity contribution in [3.05, 3.63) is 112 Å². The first-order valence-corrected chi connectivity index (χ1v) is 13.2. The zero-order valence-corrected chi connectivity index (χ0v) is 23.1. The molecule has 3 aromatic rings. The summed E-state index contributed by atoms with van der Waals surface area (Å²) in [6.07, 6.45) is 1.01. The molecule has 2 atom stereocenters. The number of Topliss-reactive ketones (excluding diaryl/α,β-unsaturated/α-hetero) is 1. The van der Waals surface area contributed by atoms with Gasteiger partial charge in [-0.2, -0.15) is 0 Å². The largest absolute Gasteiger partial charge is 0.493 e. The van der Waals surface area contributed by atoms with E-state index in [9.17, 15) is 9.59 Å². The van der Waals surface area contributed by atoms with Gasteiger partial charge in [-0.1, -0.05) is 48.5 Å². The van der Waals surface area contributed by atoms with Gasteiger partial charge < -0.3 is 20.1 Å². The van der Waals surface area contributed by atoms with Crippen LogP contribution in [-0.4, -0.2) is 25.9 Å². The first-order valence-electron chi connectivity index (χ1n) is 13.2. The Morgan fingerprint density at radius 1 is 0.872 bits per heavy atom. The van der Waals surface area contributed by atoms with E-state index in [1.54, 1.807) is 14.2 Å². The van der Waals surface area contributed by atoms with Crippen LogP contribution in [0.2, 0.25) is 0 Å². The summed E-state index contributed by atoms with van der Waals surface area (Å²) in [5.74, 6) is 0.667. The van der Waals surface area contributed by atoms with E-state index in [4.69, 9.17) is 9.47 Å². The Balaban J connectivity index is 1.56. The van der Waals surface area contributed by atoms with E-state index in [1.165, 1.54) is 0 Å². The minimum Gasteiger partial charge on any atom is -0.493 e. The lowest BCUT2D eigenvalue weighted by molar-refractivity contribution is -0.116. The van der Waals surface area contributed by atoms with Gasteiger partial charge in [0.05, 0.1) is 14.2 Å². The van der Waals surface area contributed by atoms with Crippen LogP contribution in [0.5, 0.6) is 11.5 Å². The van der Waals surface area contributed by atoms with Crippen LogP contribution in [0.1, 0.15) is 53.9 Å². The third-order valence-electron chi connectivity index (χ3n) is 7.84. The monoisotopic (exact) mass is 522 g/mol. The van der Waals surface area contributed by atoms with Gasteiger partial charge in [-0.05, 0) is 73.6 Å². The van der Waals surface area contributed by atoms with Crippen molar-refractivity contribution in [3.63, 3.8) is 0 Å². The smallest absolute Gasteiger partial charge is 0.254 e. The number of aryl methyl sites for hydroxylation is 2. The summed E-state index contributed by atoms with van der Waals surface area (Å²) >= 11 is 0. The van der Waals surface area contributed by atoms with E-state index in [0.717, 1.165) is 39.3 Å². The van der Waals surface area contributed by atoms with E-state index in [2.05, 4.69) is 10.6 Å². The van der Waals surface area contributed by atoms with Gasteiger partial charge in [-0.15, -0.1) is 0 Å². The summed E-state index contributed by atoms with van der Waals surface area (Å²) in [5.41, 5.74) is 7.66. The topological polar surface area (TPSA) is 76.7 Å². The van der Waals surface area contributed by atoms with Gasteiger partial charge in [0, 0.05) is 40.6 Å². The molecular weight excluding hydrogens is 488 g/mol. The van der Waals surface area contributed by atoms with Crippen molar-refractivity contribution in [2.24, 2.45) is 0 Å². The molecule has 0 spiro atoms. The second-order valence-corrected chi connectivity index (χ2v) is 10.3. The zero-order valence-electron chi connectivity index (χ0n) is 23.1. The second-order valence-electron chi connectivity index (χ2n) is 10.3. The van der Waals surface area contributed by atoms with Crippen molar-refractivity contribution in [1.29, 1.82) is 0 Å². The number of ketones is 1. The quantitative estimate of drug-likeness (QED) is 0.396. The van der Waals surface area contributed by atoms with Gasteiger partial charge in [0.1, 0.15) is 0 Å². The number of amides is 1. The molecule has 0 radical (unpaired) electrons. The number of para-hydroxylation sites is 1. The van der Waals surface area contributed by atoms with E-state index in [0.29, 0.717) is 35.5 Å². The van der Waals surface area contributed by atoms with Crippen LogP contribution in [0.15, 0.2) is 89.3 Å². The molecule has 2 N–H and O–H groups in total. The number of ether oxygens (including phenoxy) is 2. The molecule has 1 amide bonds. The number of hydrogen-bond donors (Lipinski definition) is 2. The van der Waals surface area contributed by atoms with Crippen molar-refractivity contribution in [1.82, 2.24) is 5.32 Å². The zero-order chi connectivity index (χ0) is 27.7. The maximum absolute atomic E-state index is 14.0. The fourth-order valence-electron chi connectivity index (χ4n) is 5.81. The van der Waals surface area contributed by atoms with Gasteiger partial charge in [0.15, 0.2) is 17.3 Å². The number of nitrogens with one attached hydrogen (secondary N) is 2. The number of carbonyl (C=O) groups excluding carboxylic acids is 2. The Bertz CT molecular complexity index is 1520. The van der Waals surface area contributed by atoms with Crippen LogP contribution >= 0.6 is 0 Å². The Kier molecular flexibility index (Phi) is 7.29. The molecule has 0 bridgehead atoms. The molecule has 3 aromatic carbocycles. The molecule has 200 valence electrons. The van der Waals surface area contributed by atoms with Crippen molar-refractivity contribution >= 4 is 17.4 Å². The second kappa shape index (κ2) is 10.8. The number of allylic oxidation sites excluding steroid dienone is 3. The van der Waals surface area contributed by atoms with Crippen molar-refractivity contribution < 1.29 is 19.1 Å². The van der Waals surface area contributed by atoms with Crippen LogP contribution in [0.25, 0.3) is 0 Å². The molecule has 0 fully saturated rings. The Hall–Kier alpha value is -4.32. The molecule has 6 nitrogen and oxygen atoms in total. The number of carbonyl (C=O) groups is 2. The Morgan fingerprint density at radius 2 is 1.56 bits per heavy atom. The molecule has 6 heteroatoms. The summed E-state index contributed by atoms with van der Waals surface area (Å²) in [7, 11) is 3.22. The number of hydrogen-bond acceptors (Lipinski definition) is 5. The molecule has 0 saturated carbocycles. The summed E-state index contributed by atoms with van der Waals surface area (Å²) in [6, 6.07) is 21.5. The molecule has 1 aliphatic heterocycles. The van der Waals surface area contributed by atoms with E-state index >= 15 is 0 Å². The van der Waals surface area contributed by atoms with Crippen LogP contribution in [0.4, 0.5) is 5.69 Å². The van der Waals surface area contributed by atoms with Gasteiger partial charge in [0.25, 0.3) is 5.91 Å². The molecule has 0 saturated heterocycles. The fourth-order valence-corrected chi connectivity index (χ4v) is 5.81. The maximum atomic E-state index is 14.0. The van der Waals surface area contributed by atoms with Gasteiger partial charge in [0.2, 0.25) is 0 Å². The van der Waals surface area contributed by atoms with E-state index in [1.807, 2.05) is 87.5 Å². The highest BCUT2D eigenvalue weighted by molar-refractivity contribution is 6.10. The maximum Gasteiger partial charge on any atom is 0.254 e. The first-order chi connectivity index (χ1) is 18.8. The molecule has 1 heterocycles. The number of rotatable bonds is 6. The molecule has 5 rings (SSSR count). The lowest BCUT2D eigenvalue weighted by Crippen LogP contribution is -2.37. The van der Waals surface area contributed by atoms with E-state index < -0.39 is 5.92 Å². The summed E-state index contributed by atoms with van der Waals surface area (Å²) in [5, 5.41) is 6.57. The highest BCUT2D eigenvalue weighted by Gasteiger charge is 2.41. The standard InChI is InChI=1S/C33H34N2O4/c1-19-10-6-8-12-24(19)31-30(33(37)35-25-13-9-7-11-20(25)2)21(3)34-26-16-23(17-27(36)32(26)31)22-14-15-28(38-4)29(18-22)39-5/h6-15,18,23,31,34H,16-17H2,1-5H3,(H,35,37)/t23-,31-/m0/s1. The molecule has 0 unspecified atom stereocenters. The van der Waals surface area contributed by atoms with Gasteiger partial charge in [-0.25, -0.2) is 0 Å². The molecular formula is C33H34N2O4. The van der Waals surface area contributed by atoms with E-state index in [-0.39, 0.29) is 17.6 Å². The van der Waals surface area contributed by atoms with Crippen LogP contribution in [0.3, 0.4) is 0 Å². The fraction of sp³-hybridized carbons (Fsp3) is 0.273. The Labute approximate surface area is 229 Å². The molecule has 39 heavy (non-hydrogen) atoms. The van der Waals surface area contributed by atoms with Crippen LogP contribution < -0.4 is 20.1 Å². The average molecular weight is 523 g/mol. The summed E-state index contributed by atoms with van der Waals surface area (Å²) in [4.78, 5) is 27.8. The van der Waals surface area contributed by atoms with Crippen molar-refractivity contribution in [2.45, 2.75) is 45.4 Å². The van der Waals surface area contributed by atoms with Crippen molar-refractivity contribution in [3.8, 4) is 11.5 Å². The lowest BCUT2D eigenvalue weighted by atomic mass is 9.71. The Morgan fingerprint density at radius 3 is 2.26 bits per heavy atom. The SMILES string of the molecule is COc1ccc([C@@H]2CC(=O)C3=C(C2)NC(C)=C(C(=O)Nc2ccccc2C)[C@@H]3c2ccccc2C)cc1OC. The lowest BCUT2D eigenvalue weighted by Gasteiger charge is -2.37. The normalized spacial score (nSPS) is 18.8. The average Bonchev–Trinajstić information content (AvgIpc) is 2.93. The van der Waals surface area contributed by atoms with Crippen molar-refractivity contribution in [2.75, 3.05) is 19.5 Å². The third-order valence-corrected chi connectivity index (χ3v) is 7.84. The van der Waals surface area contributed by atoms with Gasteiger partial charge >= 0.3 is 0 Å². The first kappa shape index (κ1) is 26.3. The number of dihydropyridines is 1. The molecule has 0 aromatic heterocycles. The summed E-state index contributed by atoms with van der Waals surface area (Å²) < 4.78 is 10.9. The minimum absolute atomic E-state index is 0.0174. The predicted octanol–water partition coefficient (Wildman–Crippen LogP) is 6.32.